The topological polar surface area (TPSA) is 46.1 Å². The van der Waals surface area contributed by atoms with Crippen molar-refractivity contribution in [2.45, 2.75) is 181 Å². The Kier molecular flexibility index (Phi) is 43.1. The summed E-state index contributed by atoms with van der Waals surface area (Å²) in [5.74, 6) is 0. The summed E-state index contributed by atoms with van der Waals surface area (Å²) in [7, 11) is 0. The van der Waals surface area contributed by atoms with Crippen LogP contribution in [0.2, 0.25) is 0 Å². The minimum atomic E-state index is -0.0721. The molecule has 0 fully saturated rings. The van der Waals surface area contributed by atoms with Gasteiger partial charge in [-0.15, -0.1) is 24.4 Å². The minimum Gasteiger partial charge on any atom is -0.867 e. The van der Waals surface area contributed by atoms with Crippen LogP contribution in [0, 0.1) is 0 Å². The van der Waals surface area contributed by atoms with E-state index >= 15 is 0 Å². The van der Waals surface area contributed by atoms with Crippen LogP contribution in [0.15, 0.2) is 0 Å². The van der Waals surface area contributed by atoms with E-state index in [2.05, 4.69) is 38.3 Å². The molecular weight excluding hydrogens is 497 g/mol. The molecule has 35 heavy (non-hydrogen) atoms. The molecule has 0 spiro atoms. The Labute approximate surface area is 261 Å². The molecule has 0 atom stereocenters. The van der Waals surface area contributed by atoms with E-state index in [-0.39, 0.29) is 47.8 Å². The molecule has 0 aliphatic heterocycles. The summed E-state index contributed by atoms with van der Waals surface area (Å²) in [5.41, 5.74) is 0. The second-order valence-electron chi connectivity index (χ2n) is 10.0. The maximum Gasteiger partial charge on any atom is 2.00 e. The molecule has 0 bridgehead atoms. The fourth-order valence-electron chi connectivity index (χ4n) is 4.22. The molecular formula is C30H58CaO2S2. The van der Waals surface area contributed by atoms with Crippen LogP contribution in [0.4, 0.5) is 0 Å². The second-order valence-corrected chi connectivity index (χ2v) is 10.9. The molecule has 2 nitrogen and oxygen atoms in total. The van der Waals surface area contributed by atoms with Gasteiger partial charge in [0.25, 0.3) is 0 Å². The summed E-state index contributed by atoms with van der Waals surface area (Å²) in [4.78, 5) is 0. The first-order chi connectivity index (χ1) is 16.5. The van der Waals surface area contributed by atoms with E-state index in [1.807, 2.05) is 0 Å². The van der Waals surface area contributed by atoms with E-state index in [4.69, 9.17) is 0 Å². The van der Waals surface area contributed by atoms with Crippen molar-refractivity contribution in [3.63, 3.8) is 0 Å². The van der Waals surface area contributed by atoms with Gasteiger partial charge in [0.05, 0.1) is 0 Å². The Morgan fingerprint density at radius 1 is 0.371 bits per heavy atom. The van der Waals surface area contributed by atoms with Gasteiger partial charge in [-0.05, 0) is 25.7 Å². The van der Waals surface area contributed by atoms with E-state index in [0.717, 1.165) is 12.8 Å². The Hall–Kier alpha value is 1.04. The Morgan fingerprint density at radius 2 is 0.543 bits per heavy atom. The molecule has 204 valence electrons. The molecule has 0 heterocycles. The largest absolute Gasteiger partial charge is 2.00 e. The molecule has 0 aliphatic rings. The quantitative estimate of drug-likeness (QED) is 0.0607. The predicted octanol–water partition coefficient (Wildman–Crippen LogP) is 9.15. The van der Waals surface area contributed by atoms with E-state index in [1.165, 1.54) is 141 Å². The maximum absolute atomic E-state index is 10.5. The fraction of sp³-hybridized carbons (Fsp3) is 0.933. The van der Waals surface area contributed by atoms with Crippen molar-refractivity contribution in [3.05, 3.63) is 0 Å². The SMILES string of the molecule is CCCCCCCCCCCCCCC([O-])=S.CCCCCCCCCCCCCCC([O-])=S.[Ca+2]. The van der Waals surface area contributed by atoms with Crippen molar-refractivity contribution in [2.75, 3.05) is 0 Å². The van der Waals surface area contributed by atoms with Crippen LogP contribution >= 0.6 is 24.4 Å². The average Bonchev–Trinajstić information content (AvgIpc) is 2.80. The normalized spacial score (nSPS) is 10.3. The summed E-state index contributed by atoms with van der Waals surface area (Å²) < 4.78 is 0. The Bertz CT molecular complexity index is 381. The average molecular weight is 555 g/mol. The zero-order chi connectivity index (χ0) is 25.5. The summed E-state index contributed by atoms with van der Waals surface area (Å²) >= 11 is 9.04. The molecule has 0 aromatic heterocycles. The second kappa shape index (κ2) is 37.2. The van der Waals surface area contributed by atoms with Crippen molar-refractivity contribution >= 4 is 72.3 Å². The van der Waals surface area contributed by atoms with Crippen molar-refractivity contribution in [3.8, 4) is 0 Å². The van der Waals surface area contributed by atoms with Gasteiger partial charge in [0.15, 0.2) is 0 Å². The molecule has 0 rings (SSSR count). The van der Waals surface area contributed by atoms with Crippen LogP contribution < -0.4 is 10.2 Å². The van der Waals surface area contributed by atoms with Crippen LogP contribution in [-0.4, -0.2) is 47.8 Å². The summed E-state index contributed by atoms with van der Waals surface area (Å²) in [6.07, 6.45) is 33.2. The van der Waals surface area contributed by atoms with Crippen LogP contribution in [0.25, 0.3) is 0 Å². The van der Waals surface area contributed by atoms with Gasteiger partial charge in [0, 0.05) is 0 Å². The smallest absolute Gasteiger partial charge is 0.867 e. The van der Waals surface area contributed by atoms with Crippen molar-refractivity contribution in [1.82, 2.24) is 0 Å². The van der Waals surface area contributed by atoms with Gasteiger partial charge in [-0.25, -0.2) is 0 Å². The first-order valence-corrected chi connectivity index (χ1v) is 15.8. The monoisotopic (exact) mass is 554 g/mol. The first-order valence-electron chi connectivity index (χ1n) is 14.9. The molecule has 0 radical (unpaired) electrons. The number of thiocarbonyl (C=S) groups is 2. The molecule has 5 heteroatoms. The number of rotatable bonds is 26. The third kappa shape index (κ3) is 45.4. The summed E-state index contributed by atoms with van der Waals surface area (Å²) in [6, 6.07) is 0. The zero-order valence-corrected chi connectivity index (χ0v) is 27.6. The molecule has 0 aromatic rings. The van der Waals surface area contributed by atoms with Crippen LogP contribution in [-0.2, 0) is 0 Å². The van der Waals surface area contributed by atoms with Gasteiger partial charge in [-0.1, -0.05) is 165 Å². The van der Waals surface area contributed by atoms with E-state index < -0.39 is 0 Å². The standard InChI is InChI=1S/2C15H30OS.Ca/c2*1-2-3-4-5-6-7-8-9-10-11-12-13-14-15(16)17;/h2*2-14H2,1H3,(H,16,17);/q;;+2/p-2. The predicted molar refractivity (Wildman–Crippen MR) is 162 cm³/mol. The Balaban J connectivity index is -0.000000569. The van der Waals surface area contributed by atoms with Crippen molar-refractivity contribution in [2.24, 2.45) is 0 Å². The van der Waals surface area contributed by atoms with Gasteiger partial charge in [-0.3, -0.25) is 0 Å². The summed E-state index contributed by atoms with van der Waals surface area (Å²) in [5, 5.41) is 20.9. The van der Waals surface area contributed by atoms with Gasteiger partial charge >= 0.3 is 37.7 Å². The molecule has 0 aliphatic carbocycles. The molecule has 0 saturated carbocycles. The molecule has 0 aromatic carbocycles. The van der Waals surface area contributed by atoms with Gasteiger partial charge < -0.3 is 10.2 Å². The third-order valence-electron chi connectivity index (χ3n) is 6.47. The van der Waals surface area contributed by atoms with Gasteiger partial charge in [-0.2, -0.15) is 0 Å². The molecule has 0 N–H and O–H groups in total. The van der Waals surface area contributed by atoms with E-state index in [1.54, 1.807) is 0 Å². The number of unbranched alkanes of at least 4 members (excludes halogenated alkanes) is 22. The Morgan fingerprint density at radius 3 is 0.714 bits per heavy atom. The van der Waals surface area contributed by atoms with E-state index in [0.29, 0.717) is 12.8 Å². The number of hydrogen-bond acceptors (Lipinski definition) is 4. The van der Waals surface area contributed by atoms with Crippen LogP contribution in [0.3, 0.4) is 0 Å². The third-order valence-corrected chi connectivity index (χ3v) is 6.88. The van der Waals surface area contributed by atoms with Gasteiger partial charge in [0.1, 0.15) is 0 Å². The number of hydrogen-bond donors (Lipinski definition) is 0. The molecule has 0 saturated heterocycles. The molecule has 0 unspecified atom stereocenters. The maximum atomic E-state index is 10.5. The molecule has 0 amide bonds. The summed E-state index contributed by atoms with van der Waals surface area (Å²) in [6.45, 7) is 4.53. The van der Waals surface area contributed by atoms with Gasteiger partial charge in [0.2, 0.25) is 0 Å². The van der Waals surface area contributed by atoms with Crippen molar-refractivity contribution < 1.29 is 10.2 Å². The van der Waals surface area contributed by atoms with Crippen LogP contribution in [0.1, 0.15) is 181 Å². The first kappa shape index (κ1) is 40.5. The fourth-order valence-corrected chi connectivity index (χ4v) is 4.51. The minimum absolute atomic E-state index is 0. The van der Waals surface area contributed by atoms with E-state index in [9.17, 15) is 10.2 Å². The van der Waals surface area contributed by atoms with Crippen LogP contribution in [0.5, 0.6) is 0 Å². The van der Waals surface area contributed by atoms with Crippen molar-refractivity contribution in [1.29, 1.82) is 0 Å². The zero-order valence-electron chi connectivity index (χ0n) is 23.7.